The fourth-order valence-corrected chi connectivity index (χ4v) is 0.907. The van der Waals surface area contributed by atoms with E-state index in [1.807, 2.05) is 13.8 Å². The fourth-order valence-electron chi connectivity index (χ4n) is 0.907. The molecule has 0 radical (unpaired) electrons. The standard InChI is InChI=1S/C8H18F2N2/c1-4-11-5-7(2)12(3)6-8(9)10/h7-8,11H,4-6H2,1-3H3. The number of hydrogen-bond acceptors (Lipinski definition) is 2. The maximum absolute atomic E-state index is 11.9. The van der Waals surface area contributed by atoms with Crippen molar-refractivity contribution < 1.29 is 8.78 Å². The zero-order valence-electron chi connectivity index (χ0n) is 7.98. The molecular weight excluding hydrogens is 162 g/mol. The van der Waals surface area contributed by atoms with Crippen LogP contribution in [0.2, 0.25) is 0 Å². The molecule has 0 rings (SSSR count). The second-order valence-electron chi connectivity index (χ2n) is 2.99. The molecule has 0 amide bonds. The molecule has 0 aromatic rings. The van der Waals surface area contributed by atoms with Gasteiger partial charge < -0.3 is 5.32 Å². The van der Waals surface area contributed by atoms with Gasteiger partial charge in [-0.25, -0.2) is 8.78 Å². The molecule has 74 valence electrons. The number of alkyl halides is 2. The Labute approximate surface area is 72.9 Å². The van der Waals surface area contributed by atoms with Crippen LogP contribution in [0.1, 0.15) is 13.8 Å². The second kappa shape index (κ2) is 6.31. The van der Waals surface area contributed by atoms with Crippen LogP contribution in [0.3, 0.4) is 0 Å². The van der Waals surface area contributed by atoms with E-state index in [-0.39, 0.29) is 12.6 Å². The molecule has 0 saturated carbocycles. The lowest BCUT2D eigenvalue weighted by Gasteiger charge is -2.24. The fraction of sp³-hybridized carbons (Fsp3) is 1.00. The van der Waals surface area contributed by atoms with E-state index in [0.29, 0.717) is 0 Å². The first-order valence-electron chi connectivity index (χ1n) is 4.27. The number of rotatable bonds is 6. The van der Waals surface area contributed by atoms with Gasteiger partial charge in [0.25, 0.3) is 6.43 Å². The zero-order chi connectivity index (χ0) is 9.56. The van der Waals surface area contributed by atoms with E-state index in [1.165, 1.54) is 0 Å². The summed E-state index contributed by atoms with van der Waals surface area (Å²) in [7, 11) is 1.72. The minimum atomic E-state index is -2.24. The van der Waals surface area contributed by atoms with Crippen LogP contribution in [0.25, 0.3) is 0 Å². The Balaban J connectivity index is 3.53. The Kier molecular flexibility index (Phi) is 6.20. The SMILES string of the molecule is CCNCC(C)N(C)CC(F)F. The minimum absolute atomic E-state index is 0.146. The van der Waals surface area contributed by atoms with Crippen molar-refractivity contribution in [3.05, 3.63) is 0 Å². The highest BCUT2D eigenvalue weighted by atomic mass is 19.3. The van der Waals surface area contributed by atoms with Crippen LogP contribution in [0.5, 0.6) is 0 Å². The lowest BCUT2D eigenvalue weighted by Crippen LogP contribution is -2.40. The average molecular weight is 180 g/mol. The summed E-state index contributed by atoms with van der Waals surface area (Å²) in [4.78, 5) is 1.66. The van der Waals surface area contributed by atoms with Crippen LogP contribution < -0.4 is 5.32 Å². The van der Waals surface area contributed by atoms with Crippen molar-refractivity contribution in [2.24, 2.45) is 0 Å². The van der Waals surface area contributed by atoms with Crippen molar-refractivity contribution in [1.82, 2.24) is 10.2 Å². The molecule has 1 unspecified atom stereocenters. The predicted molar refractivity (Wildman–Crippen MR) is 46.6 cm³/mol. The summed E-state index contributed by atoms with van der Waals surface area (Å²) in [6, 6.07) is 0.166. The minimum Gasteiger partial charge on any atom is -0.315 e. The largest absolute Gasteiger partial charge is 0.315 e. The molecule has 0 saturated heterocycles. The first-order chi connectivity index (χ1) is 5.57. The van der Waals surface area contributed by atoms with Crippen molar-refractivity contribution in [2.45, 2.75) is 26.3 Å². The highest BCUT2D eigenvalue weighted by molar-refractivity contribution is 4.66. The van der Waals surface area contributed by atoms with Gasteiger partial charge in [-0.15, -0.1) is 0 Å². The Hall–Kier alpha value is -0.220. The number of likely N-dealkylation sites (N-methyl/N-ethyl adjacent to an activating group) is 2. The molecule has 1 atom stereocenters. The van der Waals surface area contributed by atoms with Crippen LogP contribution >= 0.6 is 0 Å². The zero-order valence-corrected chi connectivity index (χ0v) is 7.98. The average Bonchev–Trinajstić information content (AvgIpc) is 1.98. The molecule has 0 bridgehead atoms. The molecule has 0 heterocycles. The molecule has 1 N–H and O–H groups in total. The van der Waals surface area contributed by atoms with E-state index in [4.69, 9.17) is 0 Å². The van der Waals surface area contributed by atoms with Crippen molar-refractivity contribution in [1.29, 1.82) is 0 Å². The number of nitrogens with one attached hydrogen (secondary N) is 1. The Morgan fingerprint density at radius 3 is 2.42 bits per heavy atom. The van der Waals surface area contributed by atoms with Crippen LogP contribution in [0, 0.1) is 0 Å². The lowest BCUT2D eigenvalue weighted by atomic mass is 10.3. The van der Waals surface area contributed by atoms with Gasteiger partial charge in [0, 0.05) is 12.6 Å². The molecule has 4 heteroatoms. The van der Waals surface area contributed by atoms with E-state index in [1.54, 1.807) is 11.9 Å². The highest BCUT2D eigenvalue weighted by Gasteiger charge is 2.12. The van der Waals surface area contributed by atoms with Crippen LogP contribution in [-0.2, 0) is 0 Å². The van der Waals surface area contributed by atoms with Gasteiger partial charge in [-0.05, 0) is 20.5 Å². The predicted octanol–water partition coefficient (Wildman–Crippen LogP) is 1.18. The smallest absolute Gasteiger partial charge is 0.251 e. The molecule has 0 spiro atoms. The molecule has 0 fully saturated rings. The van der Waals surface area contributed by atoms with Crippen molar-refractivity contribution in [2.75, 3.05) is 26.7 Å². The number of nitrogens with zero attached hydrogens (tertiary/aromatic N) is 1. The summed E-state index contributed by atoms with van der Waals surface area (Å²) in [5.41, 5.74) is 0. The molecule has 0 aliphatic heterocycles. The lowest BCUT2D eigenvalue weighted by molar-refractivity contribution is 0.0842. The summed E-state index contributed by atoms with van der Waals surface area (Å²) in [5.74, 6) is 0. The quantitative estimate of drug-likeness (QED) is 0.660. The number of hydrogen-bond donors (Lipinski definition) is 1. The highest BCUT2D eigenvalue weighted by Crippen LogP contribution is 1.99. The van der Waals surface area contributed by atoms with E-state index in [2.05, 4.69) is 5.32 Å². The van der Waals surface area contributed by atoms with Crippen molar-refractivity contribution in [3.63, 3.8) is 0 Å². The van der Waals surface area contributed by atoms with Gasteiger partial charge in [0.2, 0.25) is 0 Å². The number of halogens is 2. The van der Waals surface area contributed by atoms with Gasteiger partial charge in [0.15, 0.2) is 0 Å². The monoisotopic (exact) mass is 180 g/mol. The molecule has 2 nitrogen and oxygen atoms in total. The Morgan fingerprint density at radius 1 is 1.42 bits per heavy atom. The maximum atomic E-state index is 11.9. The molecule has 12 heavy (non-hydrogen) atoms. The third-order valence-electron chi connectivity index (χ3n) is 1.87. The van der Waals surface area contributed by atoms with Gasteiger partial charge in [-0.2, -0.15) is 0 Å². The maximum Gasteiger partial charge on any atom is 0.251 e. The van der Waals surface area contributed by atoms with E-state index < -0.39 is 6.43 Å². The Morgan fingerprint density at radius 2 is 2.00 bits per heavy atom. The van der Waals surface area contributed by atoms with E-state index in [0.717, 1.165) is 13.1 Å². The summed E-state index contributed by atoms with van der Waals surface area (Å²) in [6.45, 7) is 5.43. The second-order valence-corrected chi connectivity index (χ2v) is 2.99. The third kappa shape index (κ3) is 5.43. The van der Waals surface area contributed by atoms with Crippen LogP contribution in [0.4, 0.5) is 8.78 Å². The normalized spacial score (nSPS) is 14.2. The Bertz CT molecular complexity index is 109. The molecule has 0 aliphatic carbocycles. The molecular formula is C8H18F2N2. The van der Waals surface area contributed by atoms with Gasteiger partial charge in [0.1, 0.15) is 0 Å². The summed E-state index contributed by atoms with van der Waals surface area (Å²) in [6.07, 6.45) is -2.24. The van der Waals surface area contributed by atoms with Crippen LogP contribution in [0.15, 0.2) is 0 Å². The first-order valence-corrected chi connectivity index (χ1v) is 4.27. The van der Waals surface area contributed by atoms with Gasteiger partial charge in [0.05, 0.1) is 6.54 Å². The van der Waals surface area contributed by atoms with Crippen LogP contribution in [-0.4, -0.2) is 44.0 Å². The molecule has 0 aromatic carbocycles. The van der Waals surface area contributed by atoms with E-state index in [9.17, 15) is 8.78 Å². The molecule has 0 aliphatic rings. The van der Waals surface area contributed by atoms with Gasteiger partial charge >= 0.3 is 0 Å². The summed E-state index contributed by atoms with van der Waals surface area (Å²) >= 11 is 0. The third-order valence-corrected chi connectivity index (χ3v) is 1.87. The van der Waals surface area contributed by atoms with E-state index >= 15 is 0 Å². The van der Waals surface area contributed by atoms with Crippen molar-refractivity contribution >= 4 is 0 Å². The summed E-state index contributed by atoms with van der Waals surface area (Å²) in [5, 5.41) is 3.12. The molecule has 0 aromatic heterocycles. The van der Waals surface area contributed by atoms with Gasteiger partial charge in [-0.1, -0.05) is 6.92 Å². The van der Waals surface area contributed by atoms with Gasteiger partial charge in [-0.3, -0.25) is 4.90 Å². The topological polar surface area (TPSA) is 15.3 Å². The summed E-state index contributed by atoms with van der Waals surface area (Å²) < 4.78 is 23.8. The van der Waals surface area contributed by atoms with Crippen molar-refractivity contribution in [3.8, 4) is 0 Å². The first kappa shape index (κ1) is 11.8.